The third kappa shape index (κ3) is 2.16. The van der Waals surface area contributed by atoms with E-state index < -0.39 is 6.04 Å². The van der Waals surface area contributed by atoms with Crippen LogP contribution in [-0.4, -0.2) is 23.0 Å². The Labute approximate surface area is 83.3 Å². The smallest absolute Gasteiger partial charge is 0.224 e. The molecule has 0 aromatic carbocycles. The molecular formula is C9H17N3O2. The zero-order valence-electron chi connectivity index (χ0n) is 8.74. The van der Waals surface area contributed by atoms with Gasteiger partial charge < -0.3 is 16.3 Å². The molecule has 1 fully saturated rings. The number of oxime groups is 1. The van der Waals surface area contributed by atoms with Gasteiger partial charge in [0, 0.05) is 5.92 Å². The summed E-state index contributed by atoms with van der Waals surface area (Å²) in [5.74, 6) is 0.0716. The number of amidine groups is 1. The molecule has 5 nitrogen and oxygen atoms in total. The van der Waals surface area contributed by atoms with Crippen molar-refractivity contribution < 1.29 is 10.0 Å². The predicted molar refractivity (Wildman–Crippen MR) is 52.9 cm³/mol. The number of nitrogens with one attached hydrogen (secondary N) is 1. The first kappa shape index (κ1) is 10.8. The summed E-state index contributed by atoms with van der Waals surface area (Å²) >= 11 is 0. The van der Waals surface area contributed by atoms with Crippen LogP contribution in [0.4, 0.5) is 0 Å². The van der Waals surface area contributed by atoms with Crippen molar-refractivity contribution in [2.75, 3.05) is 0 Å². The second-order valence-electron chi connectivity index (χ2n) is 4.50. The number of nitrogens with zero attached hydrogens (tertiary/aromatic N) is 1. The van der Waals surface area contributed by atoms with Gasteiger partial charge in [0.25, 0.3) is 0 Å². The maximum atomic E-state index is 11.5. The number of rotatable bonds is 3. The molecule has 1 amide bonds. The molecule has 1 saturated carbocycles. The van der Waals surface area contributed by atoms with Crippen LogP contribution in [0, 0.1) is 11.3 Å². The van der Waals surface area contributed by atoms with Crippen LogP contribution in [0.1, 0.15) is 27.2 Å². The molecule has 2 unspecified atom stereocenters. The van der Waals surface area contributed by atoms with Gasteiger partial charge in [-0.15, -0.1) is 0 Å². The van der Waals surface area contributed by atoms with E-state index in [2.05, 4.69) is 10.5 Å². The minimum absolute atomic E-state index is 0.0194. The molecule has 0 bridgehead atoms. The third-order valence-electron chi connectivity index (χ3n) is 2.75. The molecule has 80 valence electrons. The quantitative estimate of drug-likeness (QED) is 0.264. The largest absolute Gasteiger partial charge is 0.409 e. The van der Waals surface area contributed by atoms with Crippen molar-refractivity contribution in [1.29, 1.82) is 0 Å². The lowest BCUT2D eigenvalue weighted by Crippen LogP contribution is -2.43. The molecular weight excluding hydrogens is 182 g/mol. The first-order valence-corrected chi connectivity index (χ1v) is 4.66. The number of carbonyl (C=O) groups excluding carboxylic acids is 1. The summed E-state index contributed by atoms with van der Waals surface area (Å²) < 4.78 is 0. The lowest BCUT2D eigenvalue weighted by atomic mass is 10.1. The summed E-state index contributed by atoms with van der Waals surface area (Å²) in [6.45, 7) is 5.78. The SMILES string of the molecule is CC(NC(=O)C1CC1(C)C)/C(N)=N/O. The summed E-state index contributed by atoms with van der Waals surface area (Å²) in [7, 11) is 0. The Balaban J connectivity index is 2.43. The third-order valence-corrected chi connectivity index (χ3v) is 2.75. The van der Waals surface area contributed by atoms with Gasteiger partial charge in [0.15, 0.2) is 5.84 Å². The van der Waals surface area contributed by atoms with Crippen LogP contribution in [0.3, 0.4) is 0 Å². The number of nitrogens with two attached hydrogens (primary N) is 1. The van der Waals surface area contributed by atoms with Crippen LogP contribution >= 0.6 is 0 Å². The molecule has 0 radical (unpaired) electrons. The maximum absolute atomic E-state index is 11.5. The van der Waals surface area contributed by atoms with Crippen LogP contribution in [-0.2, 0) is 4.79 Å². The van der Waals surface area contributed by atoms with Gasteiger partial charge in [-0.1, -0.05) is 19.0 Å². The summed E-state index contributed by atoms with van der Waals surface area (Å²) in [6, 6.07) is -0.413. The molecule has 1 aliphatic rings. The van der Waals surface area contributed by atoms with Gasteiger partial charge in [0.2, 0.25) is 5.91 Å². The molecule has 5 heteroatoms. The van der Waals surface area contributed by atoms with Crippen molar-refractivity contribution in [2.24, 2.45) is 22.2 Å². The summed E-state index contributed by atoms with van der Waals surface area (Å²) in [6.07, 6.45) is 0.904. The first-order valence-electron chi connectivity index (χ1n) is 4.66. The van der Waals surface area contributed by atoms with Gasteiger partial charge in [-0.25, -0.2) is 0 Å². The zero-order valence-corrected chi connectivity index (χ0v) is 8.74. The van der Waals surface area contributed by atoms with Gasteiger partial charge in [-0.05, 0) is 18.8 Å². The number of amides is 1. The standard InChI is InChI=1S/C9H17N3O2/c1-5(7(10)12-14)11-8(13)6-4-9(6,2)3/h5-6,14H,4H2,1-3H3,(H2,10,12)(H,11,13). The van der Waals surface area contributed by atoms with Crippen LogP contribution < -0.4 is 11.1 Å². The van der Waals surface area contributed by atoms with Crippen molar-refractivity contribution in [1.82, 2.24) is 5.32 Å². The minimum atomic E-state index is -0.413. The Morgan fingerprint density at radius 1 is 1.71 bits per heavy atom. The monoisotopic (exact) mass is 199 g/mol. The van der Waals surface area contributed by atoms with Crippen molar-refractivity contribution in [3.63, 3.8) is 0 Å². The number of hydrogen-bond acceptors (Lipinski definition) is 3. The molecule has 0 aromatic heterocycles. The lowest BCUT2D eigenvalue weighted by Gasteiger charge is -2.12. The number of hydrogen-bond donors (Lipinski definition) is 3. The highest BCUT2D eigenvalue weighted by atomic mass is 16.4. The van der Waals surface area contributed by atoms with E-state index in [0.29, 0.717) is 0 Å². The fraction of sp³-hybridized carbons (Fsp3) is 0.778. The van der Waals surface area contributed by atoms with Crippen LogP contribution in [0.5, 0.6) is 0 Å². The second-order valence-corrected chi connectivity index (χ2v) is 4.50. The van der Waals surface area contributed by atoms with Crippen LogP contribution in [0.2, 0.25) is 0 Å². The van der Waals surface area contributed by atoms with E-state index >= 15 is 0 Å². The maximum Gasteiger partial charge on any atom is 0.224 e. The van der Waals surface area contributed by atoms with Crippen LogP contribution in [0.15, 0.2) is 5.16 Å². The molecule has 1 aliphatic carbocycles. The minimum Gasteiger partial charge on any atom is -0.409 e. The molecule has 0 spiro atoms. The van der Waals surface area contributed by atoms with Gasteiger partial charge in [-0.2, -0.15) is 0 Å². The summed E-state index contributed by atoms with van der Waals surface area (Å²) in [5.41, 5.74) is 5.44. The zero-order chi connectivity index (χ0) is 10.9. The van der Waals surface area contributed by atoms with Gasteiger partial charge in [0.05, 0.1) is 6.04 Å². The highest BCUT2D eigenvalue weighted by molar-refractivity contribution is 5.91. The van der Waals surface area contributed by atoms with Gasteiger partial charge in [0.1, 0.15) is 0 Å². The normalized spacial score (nSPS) is 26.8. The molecule has 0 saturated heterocycles. The molecule has 0 aromatic rings. The van der Waals surface area contributed by atoms with E-state index in [4.69, 9.17) is 10.9 Å². The van der Waals surface area contributed by atoms with E-state index in [0.717, 1.165) is 6.42 Å². The fourth-order valence-corrected chi connectivity index (χ4v) is 1.39. The van der Waals surface area contributed by atoms with Crippen molar-refractivity contribution in [2.45, 2.75) is 33.2 Å². The molecule has 0 heterocycles. The summed E-state index contributed by atoms with van der Waals surface area (Å²) in [5, 5.41) is 13.9. The van der Waals surface area contributed by atoms with Gasteiger partial charge in [-0.3, -0.25) is 4.79 Å². The molecule has 2 atom stereocenters. The predicted octanol–water partition coefficient (Wildman–Crippen LogP) is 0.284. The van der Waals surface area contributed by atoms with Crippen molar-refractivity contribution >= 4 is 11.7 Å². The topological polar surface area (TPSA) is 87.7 Å². The van der Waals surface area contributed by atoms with E-state index in [1.54, 1.807) is 6.92 Å². The Hall–Kier alpha value is -1.26. The Bertz CT molecular complexity index is 273. The highest BCUT2D eigenvalue weighted by Crippen LogP contribution is 2.51. The van der Waals surface area contributed by atoms with E-state index in [9.17, 15) is 4.79 Å². The average Bonchev–Trinajstić information content (AvgIpc) is 2.73. The molecule has 1 rings (SSSR count). The number of carbonyl (C=O) groups is 1. The van der Waals surface area contributed by atoms with E-state index in [1.165, 1.54) is 0 Å². The van der Waals surface area contributed by atoms with Crippen molar-refractivity contribution in [3.05, 3.63) is 0 Å². The van der Waals surface area contributed by atoms with E-state index in [-0.39, 0.29) is 23.1 Å². The molecule has 14 heavy (non-hydrogen) atoms. The molecule has 0 aliphatic heterocycles. The highest BCUT2D eigenvalue weighted by Gasteiger charge is 2.50. The Morgan fingerprint density at radius 3 is 2.57 bits per heavy atom. The first-order chi connectivity index (χ1) is 6.38. The lowest BCUT2D eigenvalue weighted by molar-refractivity contribution is -0.123. The molecule has 4 N–H and O–H groups in total. The Morgan fingerprint density at radius 2 is 2.21 bits per heavy atom. The van der Waals surface area contributed by atoms with Gasteiger partial charge >= 0.3 is 0 Å². The van der Waals surface area contributed by atoms with Crippen LogP contribution in [0.25, 0.3) is 0 Å². The Kier molecular flexibility index (Phi) is 2.69. The second kappa shape index (κ2) is 3.48. The fourth-order valence-electron chi connectivity index (χ4n) is 1.39. The van der Waals surface area contributed by atoms with Crippen molar-refractivity contribution in [3.8, 4) is 0 Å². The average molecular weight is 199 g/mol. The summed E-state index contributed by atoms with van der Waals surface area (Å²) in [4.78, 5) is 11.5. The van der Waals surface area contributed by atoms with E-state index in [1.807, 2.05) is 13.8 Å².